The molecule has 0 radical (unpaired) electrons. The number of carboxylic acid groups (broad SMARTS) is 1. The Hall–Kier alpha value is -3.63. The van der Waals surface area contributed by atoms with E-state index in [1.807, 2.05) is 4.90 Å². The van der Waals surface area contributed by atoms with Crippen molar-refractivity contribution in [3.05, 3.63) is 59.9 Å². The van der Waals surface area contributed by atoms with Gasteiger partial charge in [0.05, 0.1) is 0 Å². The zero-order valence-electron chi connectivity index (χ0n) is 17.5. The molecule has 2 aromatic rings. The van der Waals surface area contributed by atoms with Crippen LogP contribution >= 0.6 is 0 Å². The number of halogens is 3. The molecule has 1 aromatic heterocycles. The second-order valence-electron chi connectivity index (χ2n) is 7.84. The number of rotatable bonds is 5. The summed E-state index contributed by atoms with van der Waals surface area (Å²) in [7, 11) is 0. The summed E-state index contributed by atoms with van der Waals surface area (Å²) in [6, 6.07) is 10.2. The Labute approximate surface area is 187 Å². The molecule has 1 aliphatic carbocycles. The van der Waals surface area contributed by atoms with E-state index >= 15 is 0 Å². The van der Waals surface area contributed by atoms with Crippen LogP contribution in [0.3, 0.4) is 0 Å². The molecule has 1 amide bonds. The Morgan fingerprint density at radius 1 is 1.03 bits per heavy atom. The van der Waals surface area contributed by atoms with E-state index in [2.05, 4.69) is 14.7 Å². The molecule has 8 nitrogen and oxygen atoms in total. The van der Waals surface area contributed by atoms with Crippen LogP contribution in [0.4, 0.5) is 13.2 Å². The minimum atomic E-state index is -4.84. The molecule has 1 saturated heterocycles. The number of aliphatic carboxylic acids is 1. The van der Waals surface area contributed by atoms with E-state index in [0.29, 0.717) is 37.5 Å². The zero-order chi connectivity index (χ0) is 23.6. The van der Waals surface area contributed by atoms with Crippen molar-refractivity contribution >= 4 is 17.7 Å². The van der Waals surface area contributed by atoms with E-state index < -0.39 is 29.5 Å². The molecular formula is C22H21F3N4O4. The van der Waals surface area contributed by atoms with Crippen LogP contribution in [0.2, 0.25) is 0 Å². The van der Waals surface area contributed by atoms with Crippen molar-refractivity contribution in [3.63, 3.8) is 0 Å². The van der Waals surface area contributed by atoms with E-state index in [1.54, 1.807) is 24.4 Å². The summed E-state index contributed by atoms with van der Waals surface area (Å²) in [5.74, 6) is -1.39. The van der Waals surface area contributed by atoms with Crippen LogP contribution < -0.4 is 4.74 Å². The van der Waals surface area contributed by atoms with E-state index in [0.717, 1.165) is 12.1 Å². The summed E-state index contributed by atoms with van der Waals surface area (Å²) >= 11 is 0. The average Bonchev–Trinajstić information content (AvgIpc) is 3.58. The van der Waals surface area contributed by atoms with Gasteiger partial charge in [-0.05, 0) is 43.2 Å². The first-order valence-electron chi connectivity index (χ1n) is 10.3. The normalized spacial score (nSPS) is 18.1. The number of amidine groups is 1. The van der Waals surface area contributed by atoms with E-state index in [1.165, 1.54) is 17.0 Å². The molecule has 2 aliphatic rings. The largest absolute Gasteiger partial charge is 0.573 e. The number of alkyl halides is 3. The van der Waals surface area contributed by atoms with Gasteiger partial charge in [-0.2, -0.15) is 0 Å². The molecule has 2 heterocycles. The van der Waals surface area contributed by atoms with Gasteiger partial charge in [0.15, 0.2) is 11.4 Å². The van der Waals surface area contributed by atoms with Gasteiger partial charge in [0.1, 0.15) is 11.4 Å². The van der Waals surface area contributed by atoms with E-state index in [4.69, 9.17) is 0 Å². The molecule has 0 bridgehead atoms. The zero-order valence-corrected chi connectivity index (χ0v) is 17.5. The van der Waals surface area contributed by atoms with Crippen molar-refractivity contribution in [2.75, 3.05) is 26.2 Å². The van der Waals surface area contributed by atoms with Crippen molar-refractivity contribution in [3.8, 4) is 5.75 Å². The Morgan fingerprint density at radius 3 is 2.30 bits per heavy atom. The Balaban J connectivity index is 1.48. The minimum absolute atomic E-state index is 0.0895. The first kappa shape index (κ1) is 22.6. The first-order valence-corrected chi connectivity index (χ1v) is 10.3. The Bertz CT molecular complexity index is 1060. The van der Waals surface area contributed by atoms with Gasteiger partial charge >= 0.3 is 12.3 Å². The lowest BCUT2D eigenvalue weighted by Gasteiger charge is -2.36. The molecule has 1 saturated carbocycles. The highest BCUT2D eigenvalue weighted by Crippen LogP contribution is 2.40. The van der Waals surface area contributed by atoms with Crippen molar-refractivity contribution in [2.24, 2.45) is 4.99 Å². The number of ether oxygens (including phenoxy) is 1. The van der Waals surface area contributed by atoms with Crippen molar-refractivity contribution in [2.45, 2.75) is 24.7 Å². The van der Waals surface area contributed by atoms with Gasteiger partial charge in [0.25, 0.3) is 5.91 Å². The fourth-order valence-electron chi connectivity index (χ4n) is 3.61. The number of carbonyl (C=O) groups excluding carboxylic acids is 1. The molecule has 1 N–H and O–H groups in total. The van der Waals surface area contributed by atoms with Crippen molar-refractivity contribution < 1.29 is 32.6 Å². The number of aliphatic imine (C=N–C) groups is 1. The number of carboxylic acids is 1. The summed E-state index contributed by atoms with van der Waals surface area (Å²) in [6.07, 6.45) is -2.34. The molecule has 33 heavy (non-hydrogen) atoms. The molecule has 1 aliphatic heterocycles. The van der Waals surface area contributed by atoms with Gasteiger partial charge in [-0.1, -0.05) is 12.1 Å². The minimum Gasteiger partial charge on any atom is -0.479 e. The number of nitrogens with zero attached hydrogens (tertiary/aromatic N) is 4. The summed E-state index contributed by atoms with van der Waals surface area (Å²) in [6.45, 7) is 1.31. The topological polar surface area (TPSA) is 95.3 Å². The summed E-state index contributed by atoms with van der Waals surface area (Å²) in [5, 5.41) is 9.55. The highest BCUT2D eigenvalue weighted by atomic mass is 19.4. The van der Waals surface area contributed by atoms with Crippen LogP contribution in [-0.4, -0.2) is 75.7 Å². The Morgan fingerprint density at radius 2 is 1.73 bits per heavy atom. The van der Waals surface area contributed by atoms with Gasteiger partial charge in [-0.25, -0.2) is 9.79 Å². The third kappa shape index (κ3) is 5.24. The molecular weight excluding hydrogens is 441 g/mol. The van der Waals surface area contributed by atoms with Crippen LogP contribution in [0.25, 0.3) is 0 Å². The van der Waals surface area contributed by atoms with Gasteiger partial charge < -0.3 is 19.6 Å². The number of pyridine rings is 1. The summed E-state index contributed by atoms with van der Waals surface area (Å²) in [5.41, 5.74) is -0.507. The number of aromatic nitrogens is 1. The molecule has 0 unspecified atom stereocenters. The number of piperazine rings is 1. The molecule has 1 aromatic carbocycles. The first-order chi connectivity index (χ1) is 15.7. The molecule has 174 valence electrons. The smallest absolute Gasteiger partial charge is 0.479 e. The highest BCUT2D eigenvalue weighted by molar-refractivity contribution is 6.00. The van der Waals surface area contributed by atoms with Crippen LogP contribution in [0.1, 0.15) is 28.9 Å². The van der Waals surface area contributed by atoms with Gasteiger partial charge in [-0.3, -0.25) is 9.78 Å². The van der Waals surface area contributed by atoms with Gasteiger partial charge in [-0.15, -0.1) is 13.2 Å². The monoisotopic (exact) mass is 462 g/mol. The lowest BCUT2D eigenvalue weighted by atomic mass is 10.1. The molecule has 11 heteroatoms. The highest BCUT2D eigenvalue weighted by Gasteiger charge is 2.51. The molecule has 0 atom stereocenters. The number of hydrogen-bond donors (Lipinski definition) is 1. The van der Waals surface area contributed by atoms with E-state index in [-0.39, 0.29) is 18.7 Å². The fourth-order valence-corrected chi connectivity index (χ4v) is 3.61. The van der Waals surface area contributed by atoms with Crippen molar-refractivity contribution in [1.29, 1.82) is 0 Å². The van der Waals surface area contributed by atoms with Crippen LogP contribution in [0.5, 0.6) is 5.75 Å². The van der Waals surface area contributed by atoms with Crippen molar-refractivity contribution in [1.82, 2.24) is 14.8 Å². The third-order valence-corrected chi connectivity index (χ3v) is 5.52. The molecule has 4 rings (SSSR count). The molecule has 2 fully saturated rings. The SMILES string of the molecule is O=C(c1cccc(OC(F)(F)F)c1)N1CCN(/C(=N/C2(C(=O)O)CC2)c2ccccn2)CC1. The van der Waals surface area contributed by atoms with Crippen LogP contribution in [0.15, 0.2) is 53.7 Å². The maximum Gasteiger partial charge on any atom is 0.573 e. The summed E-state index contributed by atoms with van der Waals surface area (Å²) in [4.78, 5) is 36.8. The van der Waals surface area contributed by atoms with Crippen LogP contribution in [0, 0.1) is 0 Å². The van der Waals surface area contributed by atoms with E-state index in [9.17, 15) is 27.9 Å². The quantitative estimate of drug-likeness (QED) is 0.543. The number of hydrogen-bond acceptors (Lipinski definition) is 5. The van der Waals surface area contributed by atoms with Gasteiger partial charge in [0.2, 0.25) is 0 Å². The predicted octanol–water partition coefficient (Wildman–Crippen LogP) is 2.80. The summed E-state index contributed by atoms with van der Waals surface area (Å²) < 4.78 is 41.3. The second-order valence-corrected chi connectivity index (χ2v) is 7.84. The number of amides is 1. The van der Waals surface area contributed by atoms with Crippen LogP contribution in [-0.2, 0) is 4.79 Å². The number of carbonyl (C=O) groups is 2. The maximum atomic E-state index is 12.8. The Kier molecular flexibility index (Phi) is 5.96. The standard InChI is InChI=1S/C22H21F3N4O4/c23-22(24,25)33-16-5-3-4-15(14-16)19(30)29-12-10-28(11-13-29)18(17-6-1-2-9-26-17)27-21(7-8-21)20(31)32/h1-6,9,14H,7-8,10-13H2,(H,31,32)/b27-18+. The average molecular weight is 462 g/mol. The second kappa shape index (κ2) is 8.72. The third-order valence-electron chi connectivity index (χ3n) is 5.52. The fraction of sp³-hybridized carbons (Fsp3) is 0.364. The molecule has 0 spiro atoms. The maximum absolute atomic E-state index is 12.8. The lowest BCUT2D eigenvalue weighted by molar-refractivity contribution is -0.274. The predicted molar refractivity (Wildman–Crippen MR) is 111 cm³/mol. The lowest BCUT2D eigenvalue weighted by Crippen LogP contribution is -2.51. The number of benzene rings is 1. The van der Waals surface area contributed by atoms with Gasteiger partial charge in [0, 0.05) is 37.9 Å².